The molecule has 0 spiro atoms. The predicted octanol–water partition coefficient (Wildman–Crippen LogP) is 4.57. The Hall–Kier alpha value is -3.23. The first-order chi connectivity index (χ1) is 18.1. The van der Waals surface area contributed by atoms with Crippen molar-refractivity contribution in [3.8, 4) is 5.75 Å². The zero-order valence-electron chi connectivity index (χ0n) is 21.4. The number of esters is 1. The molecular formula is C29H36N4O4. The standard InChI is InChI=1S/C29H36N4O4/c1-36-25-14-12-22(13-15-25)26-16-28(34)27(19-32(26)17-21-8-4-2-5-9-21)33-18-24(30-31-33)20-37-29(35)23-10-6-3-7-11-23/h3,6-7,10-15,18,21,26-28,34H,2,4-5,8-9,16-17,19-20H2,1H3/t26-,27-,28-/m1/s1. The Morgan fingerprint density at radius 2 is 1.81 bits per heavy atom. The molecule has 8 nitrogen and oxygen atoms in total. The summed E-state index contributed by atoms with van der Waals surface area (Å²) >= 11 is 0. The number of aliphatic hydroxyl groups excluding tert-OH is 1. The van der Waals surface area contributed by atoms with E-state index in [2.05, 4.69) is 27.3 Å². The van der Waals surface area contributed by atoms with Gasteiger partial charge in [-0.1, -0.05) is 54.8 Å². The Kier molecular flexibility index (Phi) is 8.16. The van der Waals surface area contributed by atoms with Crippen LogP contribution in [-0.2, 0) is 11.3 Å². The molecule has 0 radical (unpaired) electrons. The molecule has 0 amide bonds. The third kappa shape index (κ3) is 6.19. The number of nitrogens with zero attached hydrogens (tertiary/aromatic N) is 4. The SMILES string of the molecule is COc1ccc([C@H]2C[C@@H](O)[C@H](n3cc(COC(=O)c4ccccc4)nn3)CN2CC2CCCCC2)cc1. The second kappa shape index (κ2) is 11.9. The largest absolute Gasteiger partial charge is 0.497 e. The number of aliphatic hydroxyl groups is 1. The van der Waals surface area contributed by atoms with Crippen LogP contribution in [0.5, 0.6) is 5.75 Å². The number of carbonyl (C=O) groups is 1. The Balaban J connectivity index is 1.29. The lowest BCUT2D eigenvalue weighted by Gasteiger charge is -2.44. The van der Waals surface area contributed by atoms with E-state index in [-0.39, 0.29) is 18.7 Å². The number of benzene rings is 2. The zero-order valence-corrected chi connectivity index (χ0v) is 21.4. The van der Waals surface area contributed by atoms with Gasteiger partial charge in [0.15, 0.2) is 0 Å². The molecule has 37 heavy (non-hydrogen) atoms. The maximum absolute atomic E-state index is 12.3. The molecule has 1 N–H and O–H groups in total. The van der Waals surface area contributed by atoms with Gasteiger partial charge in [0.25, 0.3) is 0 Å². The van der Waals surface area contributed by atoms with Gasteiger partial charge in [0, 0.05) is 19.1 Å². The molecule has 2 fully saturated rings. The van der Waals surface area contributed by atoms with Crippen LogP contribution in [0.25, 0.3) is 0 Å². The van der Waals surface area contributed by atoms with E-state index in [4.69, 9.17) is 9.47 Å². The number of ether oxygens (including phenoxy) is 2. The van der Waals surface area contributed by atoms with E-state index in [1.165, 1.54) is 37.7 Å². The van der Waals surface area contributed by atoms with Crippen molar-refractivity contribution in [2.24, 2.45) is 5.92 Å². The number of piperidine rings is 1. The number of hydrogen-bond donors (Lipinski definition) is 1. The van der Waals surface area contributed by atoms with Crippen LogP contribution in [0.4, 0.5) is 0 Å². The highest BCUT2D eigenvalue weighted by atomic mass is 16.5. The maximum atomic E-state index is 12.3. The lowest BCUT2D eigenvalue weighted by molar-refractivity contribution is -0.0154. The van der Waals surface area contributed by atoms with Gasteiger partial charge in [0.05, 0.1) is 31.0 Å². The number of carbonyl (C=O) groups excluding carboxylic acids is 1. The molecule has 196 valence electrons. The second-order valence-corrected chi connectivity index (χ2v) is 10.2. The van der Waals surface area contributed by atoms with Crippen LogP contribution >= 0.6 is 0 Å². The van der Waals surface area contributed by atoms with Crippen LogP contribution in [0.15, 0.2) is 60.8 Å². The maximum Gasteiger partial charge on any atom is 0.338 e. The van der Waals surface area contributed by atoms with Gasteiger partial charge in [-0.3, -0.25) is 4.90 Å². The molecule has 1 aliphatic carbocycles. The van der Waals surface area contributed by atoms with Gasteiger partial charge in [-0.25, -0.2) is 9.48 Å². The number of rotatable bonds is 8. The smallest absolute Gasteiger partial charge is 0.338 e. The van der Waals surface area contributed by atoms with E-state index in [0.29, 0.717) is 30.1 Å². The van der Waals surface area contributed by atoms with Crippen molar-refractivity contribution >= 4 is 5.97 Å². The highest BCUT2D eigenvalue weighted by molar-refractivity contribution is 5.89. The summed E-state index contributed by atoms with van der Waals surface area (Å²) in [5, 5.41) is 19.8. The van der Waals surface area contributed by atoms with Gasteiger partial charge in [-0.2, -0.15) is 0 Å². The average molecular weight is 505 g/mol. The first kappa shape index (κ1) is 25.4. The summed E-state index contributed by atoms with van der Waals surface area (Å²) in [6.45, 7) is 1.73. The van der Waals surface area contributed by atoms with Crippen molar-refractivity contribution in [3.05, 3.63) is 77.6 Å². The van der Waals surface area contributed by atoms with Gasteiger partial charge >= 0.3 is 5.97 Å². The minimum Gasteiger partial charge on any atom is -0.497 e. The number of hydrogen-bond acceptors (Lipinski definition) is 7. The fourth-order valence-electron chi connectivity index (χ4n) is 5.70. The molecular weight excluding hydrogens is 468 g/mol. The molecule has 2 aromatic carbocycles. The van der Waals surface area contributed by atoms with Crippen molar-refractivity contribution < 1.29 is 19.4 Å². The zero-order chi connectivity index (χ0) is 25.6. The van der Waals surface area contributed by atoms with E-state index < -0.39 is 12.1 Å². The summed E-state index contributed by atoms with van der Waals surface area (Å²) in [5.74, 6) is 1.11. The van der Waals surface area contributed by atoms with E-state index in [1.54, 1.807) is 42.3 Å². The first-order valence-electron chi connectivity index (χ1n) is 13.3. The summed E-state index contributed by atoms with van der Waals surface area (Å²) in [6, 6.07) is 17.0. The summed E-state index contributed by atoms with van der Waals surface area (Å²) < 4.78 is 12.5. The van der Waals surface area contributed by atoms with Crippen molar-refractivity contribution in [2.45, 2.75) is 63.3 Å². The van der Waals surface area contributed by atoms with Crippen molar-refractivity contribution in [1.29, 1.82) is 0 Å². The summed E-state index contributed by atoms with van der Waals surface area (Å²) in [6.07, 6.45) is 8.28. The third-order valence-corrected chi connectivity index (χ3v) is 7.75. The number of aromatic nitrogens is 3. The second-order valence-electron chi connectivity index (χ2n) is 10.2. The fourth-order valence-corrected chi connectivity index (χ4v) is 5.70. The summed E-state index contributed by atoms with van der Waals surface area (Å²) in [5.41, 5.74) is 2.26. The van der Waals surface area contributed by atoms with E-state index in [1.807, 2.05) is 18.2 Å². The topological polar surface area (TPSA) is 89.7 Å². The molecule has 3 aromatic rings. The van der Waals surface area contributed by atoms with Gasteiger partial charge in [-0.15, -0.1) is 5.10 Å². The van der Waals surface area contributed by atoms with Gasteiger partial charge in [0.2, 0.25) is 0 Å². The Morgan fingerprint density at radius 1 is 1.05 bits per heavy atom. The average Bonchev–Trinajstić information content (AvgIpc) is 3.42. The normalized spacial score (nSPS) is 23.0. The molecule has 0 bridgehead atoms. The molecule has 2 aliphatic rings. The monoisotopic (exact) mass is 504 g/mol. The van der Waals surface area contributed by atoms with Crippen LogP contribution in [0.3, 0.4) is 0 Å². The quantitative estimate of drug-likeness (QED) is 0.449. The first-order valence-corrected chi connectivity index (χ1v) is 13.3. The minimum atomic E-state index is -0.573. The minimum absolute atomic E-state index is 0.0385. The molecule has 5 rings (SSSR count). The Bertz CT molecular complexity index is 1140. The molecule has 0 unspecified atom stereocenters. The molecule has 8 heteroatoms. The summed E-state index contributed by atoms with van der Waals surface area (Å²) in [4.78, 5) is 14.8. The van der Waals surface area contributed by atoms with Gasteiger partial charge in [-0.05, 0) is 55.0 Å². The van der Waals surface area contributed by atoms with Crippen molar-refractivity contribution in [3.63, 3.8) is 0 Å². The highest BCUT2D eigenvalue weighted by Crippen LogP contribution is 2.38. The fraction of sp³-hybridized carbons (Fsp3) is 0.483. The van der Waals surface area contributed by atoms with E-state index >= 15 is 0 Å². The summed E-state index contributed by atoms with van der Waals surface area (Å²) in [7, 11) is 1.67. The van der Waals surface area contributed by atoms with E-state index in [0.717, 1.165) is 12.3 Å². The van der Waals surface area contributed by atoms with Gasteiger partial charge in [0.1, 0.15) is 18.1 Å². The number of likely N-dealkylation sites (tertiary alicyclic amines) is 1. The molecule has 1 saturated heterocycles. The highest BCUT2D eigenvalue weighted by Gasteiger charge is 2.38. The molecule has 1 aromatic heterocycles. The van der Waals surface area contributed by atoms with Gasteiger partial charge < -0.3 is 14.6 Å². The van der Waals surface area contributed by atoms with Crippen molar-refractivity contribution in [1.82, 2.24) is 19.9 Å². The van der Waals surface area contributed by atoms with E-state index in [9.17, 15) is 9.90 Å². The van der Waals surface area contributed by atoms with Crippen molar-refractivity contribution in [2.75, 3.05) is 20.2 Å². The van der Waals surface area contributed by atoms with Crippen LogP contribution in [0.2, 0.25) is 0 Å². The van der Waals surface area contributed by atoms with Crippen LogP contribution in [0.1, 0.15) is 72.2 Å². The molecule has 1 saturated carbocycles. The third-order valence-electron chi connectivity index (χ3n) is 7.75. The van der Waals surface area contributed by atoms with Crippen LogP contribution in [-0.4, -0.2) is 57.3 Å². The number of methoxy groups -OCH3 is 1. The lowest BCUT2D eigenvalue weighted by Crippen LogP contribution is -2.47. The molecule has 1 aliphatic heterocycles. The molecule has 2 heterocycles. The van der Waals surface area contributed by atoms with Crippen LogP contribution in [0, 0.1) is 5.92 Å². The predicted molar refractivity (Wildman–Crippen MR) is 139 cm³/mol. The Labute approximate surface area is 218 Å². The molecule has 3 atom stereocenters. The van der Waals surface area contributed by atoms with Crippen LogP contribution < -0.4 is 4.74 Å². The lowest BCUT2D eigenvalue weighted by atomic mass is 9.85. The Morgan fingerprint density at radius 3 is 2.54 bits per heavy atom.